The summed E-state index contributed by atoms with van der Waals surface area (Å²) < 4.78 is 0. The number of unbranched alkanes of at least 4 members (excludes halogenated alkanes) is 2. The van der Waals surface area contributed by atoms with Crippen LogP contribution in [0, 0.1) is 11.8 Å². The van der Waals surface area contributed by atoms with Crippen LogP contribution >= 0.6 is 0 Å². The van der Waals surface area contributed by atoms with Gasteiger partial charge in [-0.15, -0.1) is 0 Å². The molecule has 9 nitrogen and oxygen atoms in total. The first-order chi connectivity index (χ1) is 20.4. The number of aliphatic hydroxyl groups excluding tert-OH is 2. The highest BCUT2D eigenvalue weighted by Crippen LogP contribution is 2.53. The minimum atomic E-state index is -2.65. The molecule has 6 N–H and O–H groups in total. The molecule has 5 rings (SSSR count). The number of hydrogen-bond acceptors (Lipinski definition) is 8. The number of likely N-dealkylation sites (N-methyl/N-ethyl adjacent to an activating group) is 1. The summed E-state index contributed by atoms with van der Waals surface area (Å²) in [6.07, 6.45) is 5.33. The summed E-state index contributed by atoms with van der Waals surface area (Å²) in [4.78, 5) is 41.1. The topological polar surface area (TPSA) is 161 Å². The van der Waals surface area contributed by atoms with Crippen molar-refractivity contribution in [2.75, 3.05) is 14.1 Å². The van der Waals surface area contributed by atoms with Crippen molar-refractivity contribution in [3.63, 3.8) is 0 Å². The number of aromatic hydroxyl groups is 1. The van der Waals surface area contributed by atoms with Crippen LogP contribution < -0.4 is 5.73 Å². The molecular formula is C34H40N2O7. The Balaban J connectivity index is 1.69. The van der Waals surface area contributed by atoms with E-state index in [1.54, 1.807) is 14.1 Å². The summed E-state index contributed by atoms with van der Waals surface area (Å²) >= 11 is 0. The van der Waals surface area contributed by atoms with E-state index in [2.05, 4.69) is 32.0 Å². The molecule has 0 spiro atoms. The van der Waals surface area contributed by atoms with Crippen molar-refractivity contribution in [1.29, 1.82) is 0 Å². The molecule has 0 saturated heterocycles. The van der Waals surface area contributed by atoms with E-state index < -0.39 is 58.0 Å². The average molecular weight is 589 g/mol. The van der Waals surface area contributed by atoms with E-state index in [1.165, 1.54) is 16.5 Å². The fourth-order valence-electron chi connectivity index (χ4n) is 7.41. The fourth-order valence-corrected chi connectivity index (χ4v) is 7.41. The lowest BCUT2D eigenvalue weighted by Gasteiger charge is -2.50. The smallest absolute Gasteiger partial charge is 0.255 e. The summed E-state index contributed by atoms with van der Waals surface area (Å²) in [5.74, 6) is -6.55. The lowest BCUT2D eigenvalue weighted by Crippen LogP contribution is -2.65. The Hall–Kier alpha value is -3.95. The molecule has 3 aliphatic carbocycles. The molecule has 43 heavy (non-hydrogen) atoms. The zero-order valence-corrected chi connectivity index (χ0v) is 25.1. The third-order valence-electron chi connectivity index (χ3n) is 9.52. The van der Waals surface area contributed by atoms with E-state index in [4.69, 9.17) is 5.73 Å². The average Bonchev–Trinajstić information content (AvgIpc) is 2.95. The molecular weight excluding hydrogens is 548 g/mol. The van der Waals surface area contributed by atoms with Crippen molar-refractivity contribution in [2.24, 2.45) is 17.6 Å². The first kappa shape index (κ1) is 30.5. The molecule has 3 aliphatic rings. The van der Waals surface area contributed by atoms with Gasteiger partial charge in [0.25, 0.3) is 5.91 Å². The van der Waals surface area contributed by atoms with Gasteiger partial charge in [0, 0.05) is 11.5 Å². The molecule has 9 heteroatoms. The van der Waals surface area contributed by atoms with Crippen LogP contribution in [0.15, 0.2) is 47.2 Å². The molecule has 2 aromatic carbocycles. The lowest BCUT2D eigenvalue weighted by molar-refractivity contribution is -0.153. The zero-order valence-electron chi connectivity index (χ0n) is 25.1. The highest BCUT2D eigenvalue weighted by molar-refractivity contribution is 6.24. The summed E-state index contributed by atoms with van der Waals surface area (Å²) in [6, 6.07) is 8.63. The minimum Gasteiger partial charge on any atom is -0.508 e. The molecule has 0 radical (unpaired) electrons. The summed E-state index contributed by atoms with van der Waals surface area (Å²) in [5, 5.41) is 45.4. The predicted octanol–water partition coefficient (Wildman–Crippen LogP) is 3.93. The molecule has 0 aromatic heterocycles. The van der Waals surface area contributed by atoms with Gasteiger partial charge in [-0.2, -0.15) is 0 Å². The largest absolute Gasteiger partial charge is 0.508 e. The van der Waals surface area contributed by atoms with Gasteiger partial charge in [-0.25, -0.2) is 0 Å². The number of carbonyl (C=O) groups is 3. The van der Waals surface area contributed by atoms with Crippen molar-refractivity contribution in [2.45, 2.75) is 70.4 Å². The quantitative estimate of drug-likeness (QED) is 0.229. The second-order valence-electron chi connectivity index (χ2n) is 12.2. The molecule has 0 aliphatic heterocycles. The van der Waals surface area contributed by atoms with Crippen molar-refractivity contribution < 1.29 is 34.8 Å². The number of carbonyl (C=O) groups excluding carboxylic acids is 3. The van der Waals surface area contributed by atoms with Crippen molar-refractivity contribution in [1.82, 2.24) is 4.90 Å². The number of hydrogen-bond donors (Lipinski definition) is 5. The number of primary amides is 1. The van der Waals surface area contributed by atoms with Crippen LogP contribution in [0.5, 0.6) is 5.75 Å². The number of aryl methyl sites for hydroxylation is 2. The first-order valence-electron chi connectivity index (χ1n) is 15.0. The molecule has 4 atom stereocenters. The van der Waals surface area contributed by atoms with Gasteiger partial charge >= 0.3 is 0 Å². The van der Waals surface area contributed by atoms with Gasteiger partial charge in [0.05, 0.1) is 11.6 Å². The van der Waals surface area contributed by atoms with E-state index >= 15 is 0 Å². The van der Waals surface area contributed by atoms with E-state index in [0.29, 0.717) is 5.56 Å². The number of nitrogens with two attached hydrogens (primary N) is 1. The molecule has 1 saturated carbocycles. The maximum atomic E-state index is 14.1. The number of phenolic OH excluding ortho intramolecular Hbond substituents is 1. The normalized spacial score (nSPS) is 25.1. The number of benzene rings is 2. The number of ketones is 2. The molecule has 1 unspecified atom stereocenters. The van der Waals surface area contributed by atoms with Gasteiger partial charge in [-0.3, -0.25) is 19.3 Å². The number of aliphatic hydroxyl groups is 3. The van der Waals surface area contributed by atoms with Crippen molar-refractivity contribution in [3.05, 3.63) is 69.5 Å². The third-order valence-corrected chi connectivity index (χ3v) is 9.52. The second-order valence-corrected chi connectivity index (χ2v) is 12.2. The summed E-state index contributed by atoms with van der Waals surface area (Å²) in [7, 11) is 3.17. The number of amides is 1. The molecule has 1 fully saturated rings. The molecule has 2 aromatic rings. The maximum absolute atomic E-state index is 14.1. The summed E-state index contributed by atoms with van der Waals surface area (Å²) in [5.41, 5.74) is 6.69. The van der Waals surface area contributed by atoms with E-state index in [1.807, 2.05) is 6.07 Å². The van der Waals surface area contributed by atoms with Gasteiger partial charge in [0.1, 0.15) is 22.8 Å². The SMILES string of the molecule is CCCCCc1ccc(CC)c(-c2ccc(O)c3c2C[C@@H]2C[C@@H]4C(N(C)C)C(=O)C(C(N)=O)=C(O)[C@]4(O)C(=O)C2=C3O)c1. The number of rotatable bonds is 8. The van der Waals surface area contributed by atoms with E-state index in [9.17, 15) is 34.8 Å². The predicted molar refractivity (Wildman–Crippen MR) is 162 cm³/mol. The van der Waals surface area contributed by atoms with Crippen LogP contribution in [0.3, 0.4) is 0 Å². The maximum Gasteiger partial charge on any atom is 0.255 e. The van der Waals surface area contributed by atoms with Crippen LogP contribution in [0.1, 0.15) is 61.8 Å². The highest BCUT2D eigenvalue weighted by Gasteiger charge is 2.64. The van der Waals surface area contributed by atoms with Crippen LogP contribution in [-0.2, 0) is 33.6 Å². The zero-order chi connectivity index (χ0) is 31.4. The van der Waals surface area contributed by atoms with E-state index in [0.717, 1.165) is 48.8 Å². The van der Waals surface area contributed by atoms with Gasteiger partial charge in [0.2, 0.25) is 5.78 Å². The molecule has 0 heterocycles. The standard InChI is InChI=1S/C34H40N2O7/c1-5-7-8-9-17-10-11-18(6-2)21(14-17)20-12-13-24(37)26-22(20)15-19-16-23-28(36(3)4)30(39)27(33(35)42)32(41)34(23,43)31(40)25(19)29(26)38/h10-14,19,23,28,37-38,41,43H,5-9,15-16H2,1-4H3,(H2,35,42)/t19-,23-,28?,34-/m1/s1. The van der Waals surface area contributed by atoms with Crippen LogP contribution in [0.2, 0.25) is 0 Å². The van der Waals surface area contributed by atoms with Crippen LogP contribution in [0.25, 0.3) is 16.9 Å². The number of Topliss-reactive ketones (excluding diaryl/α,β-unsaturated/α-hetero) is 2. The lowest BCUT2D eigenvalue weighted by atomic mass is 9.57. The fraction of sp³-hybridized carbons (Fsp3) is 0.441. The van der Waals surface area contributed by atoms with Crippen molar-refractivity contribution >= 4 is 23.2 Å². The molecule has 1 amide bonds. The van der Waals surface area contributed by atoms with Crippen LogP contribution in [-0.4, -0.2) is 68.5 Å². The highest BCUT2D eigenvalue weighted by atomic mass is 16.3. The summed E-state index contributed by atoms with van der Waals surface area (Å²) in [6.45, 7) is 4.23. The third kappa shape index (κ3) is 4.66. The van der Waals surface area contributed by atoms with Gasteiger partial charge in [-0.1, -0.05) is 51.0 Å². The Morgan fingerprint density at radius 2 is 1.77 bits per heavy atom. The Labute approximate surface area is 251 Å². The molecule has 228 valence electrons. The second kappa shape index (κ2) is 11.3. The first-order valence-corrected chi connectivity index (χ1v) is 15.0. The number of phenols is 1. The number of nitrogens with zero attached hydrogens (tertiary/aromatic N) is 1. The molecule has 0 bridgehead atoms. The number of fused-ring (bicyclic) bond motifs is 3. The Morgan fingerprint density at radius 1 is 1.05 bits per heavy atom. The van der Waals surface area contributed by atoms with Gasteiger partial charge in [-0.05, 0) is 86.0 Å². The minimum absolute atomic E-state index is 0.0541. The van der Waals surface area contributed by atoms with E-state index in [-0.39, 0.29) is 29.7 Å². The Morgan fingerprint density at radius 3 is 2.40 bits per heavy atom. The Kier molecular flexibility index (Phi) is 8.00. The van der Waals surface area contributed by atoms with Crippen LogP contribution in [0.4, 0.5) is 0 Å². The van der Waals surface area contributed by atoms with Gasteiger partial charge in [0.15, 0.2) is 11.4 Å². The van der Waals surface area contributed by atoms with Crippen molar-refractivity contribution in [3.8, 4) is 16.9 Å². The Bertz CT molecular complexity index is 1590. The monoisotopic (exact) mass is 588 g/mol. The van der Waals surface area contributed by atoms with Gasteiger partial charge < -0.3 is 26.2 Å².